The van der Waals surface area contributed by atoms with Gasteiger partial charge in [-0.05, 0) is 18.3 Å². The third kappa shape index (κ3) is 6.36. The zero-order chi connectivity index (χ0) is 14.1. The lowest BCUT2D eigenvalue weighted by atomic mass is 9.95. The predicted molar refractivity (Wildman–Crippen MR) is 75.1 cm³/mol. The van der Waals surface area contributed by atoms with Gasteiger partial charge in [0, 0.05) is 13.1 Å². The molecule has 0 aromatic rings. The van der Waals surface area contributed by atoms with Gasteiger partial charge in [-0.25, -0.2) is 0 Å². The van der Waals surface area contributed by atoms with E-state index in [4.69, 9.17) is 5.73 Å². The van der Waals surface area contributed by atoms with Crippen LogP contribution in [0, 0.1) is 17.8 Å². The van der Waals surface area contributed by atoms with Crippen molar-refractivity contribution in [2.24, 2.45) is 23.5 Å². The van der Waals surface area contributed by atoms with Crippen molar-refractivity contribution < 1.29 is 9.90 Å². The molecule has 0 rings (SSSR count). The van der Waals surface area contributed by atoms with Gasteiger partial charge in [0.05, 0.1) is 12.0 Å². The van der Waals surface area contributed by atoms with Crippen molar-refractivity contribution in [3.8, 4) is 0 Å². The first-order chi connectivity index (χ1) is 8.46. The zero-order valence-electron chi connectivity index (χ0n) is 12.3. The lowest BCUT2D eigenvalue weighted by molar-refractivity contribution is -0.125. The maximum atomic E-state index is 11.9. The van der Waals surface area contributed by atoms with Crippen LogP contribution in [0.3, 0.4) is 0 Å². The monoisotopic (exact) mass is 258 g/mol. The number of nitrogens with two attached hydrogens (primary N) is 1. The summed E-state index contributed by atoms with van der Waals surface area (Å²) < 4.78 is 0. The summed E-state index contributed by atoms with van der Waals surface area (Å²) in [4.78, 5) is 11.9. The average molecular weight is 258 g/mol. The Morgan fingerprint density at radius 3 is 2.22 bits per heavy atom. The van der Waals surface area contributed by atoms with E-state index >= 15 is 0 Å². The summed E-state index contributed by atoms with van der Waals surface area (Å²) in [6.45, 7) is 8.97. The van der Waals surface area contributed by atoms with Gasteiger partial charge in [0.1, 0.15) is 0 Å². The molecule has 0 spiro atoms. The van der Waals surface area contributed by atoms with Crippen LogP contribution in [0.4, 0.5) is 0 Å². The van der Waals surface area contributed by atoms with Crippen molar-refractivity contribution in [1.29, 1.82) is 0 Å². The Morgan fingerprint density at radius 2 is 1.83 bits per heavy atom. The summed E-state index contributed by atoms with van der Waals surface area (Å²) in [6, 6.07) is 0. The molecule has 0 aliphatic heterocycles. The molecule has 0 saturated carbocycles. The van der Waals surface area contributed by atoms with Gasteiger partial charge in [-0.2, -0.15) is 0 Å². The Bertz CT molecular complexity index is 228. The smallest absolute Gasteiger partial charge is 0.224 e. The molecule has 0 aliphatic carbocycles. The quantitative estimate of drug-likeness (QED) is 0.587. The van der Waals surface area contributed by atoms with E-state index in [0.29, 0.717) is 19.0 Å². The Kier molecular flexibility index (Phi) is 9.02. The topological polar surface area (TPSA) is 75.3 Å². The number of aliphatic hydroxyl groups excluding tert-OH is 1. The van der Waals surface area contributed by atoms with Crippen molar-refractivity contribution in [2.75, 3.05) is 13.1 Å². The minimum atomic E-state index is -0.457. The number of hydrogen-bond acceptors (Lipinski definition) is 3. The van der Waals surface area contributed by atoms with Gasteiger partial charge in [-0.3, -0.25) is 4.79 Å². The number of rotatable bonds is 9. The van der Waals surface area contributed by atoms with Crippen LogP contribution in [-0.4, -0.2) is 30.2 Å². The highest BCUT2D eigenvalue weighted by molar-refractivity contribution is 5.78. The van der Waals surface area contributed by atoms with E-state index in [1.54, 1.807) is 0 Å². The maximum absolute atomic E-state index is 11.9. The molecule has 1 amide bonds. The second-order valence-corrected chi connectivity index (χ2v) is 5.45. The first-order valence-corrected chi connectivity index (χ1v) is 7.11. The van der Waals surface area contributed by atoms with Crippen LogP contribution >= 0.6 is 0 Å². The molecule has 2 atom stereocenters. The van der Waals surface area contributed by atoms with E-state index in [2.05, 4.69) is 33.0 Å². The van der Waals surface area contributed by atoms with Crippen molar-refractivity contribution in [3.05, 3.63) is 0 Å². The summed E-state index contributed by atoms with van der Waals surface area (Å²) in [5, 5.41) is 12.8. The molecule has 0 aliphatic rings. The van der Waals surface area contributed by atoms with E-state index in [1.807, 2.05) is 0 Å². The molecule has 4 N–H and O–H groups in total. The number of nitrogens with one attached hydrogen (secondary N) is 1. The Balaban J connectivity index is 4.14. The summed E-state index contributed by atoms with van der Waals surface area (Å²) in [5.74, 6) is 0.537. The number of carbonyl (C=O) groups is 1. The highest BCUT2D eigenvalue weighted by atomic mass is 16.3. The van der Waals surface area contributed by atoms with Crippen LogP contribution < -0.4 is 11.1 Å². The molecule has 0 aromatic heterocycles. The summed E-state index contributed by atoms with van der Waals surface area (Å²) in [7, 11) is 0. The number of hydrogen-bond donors (Lipinski definition) is 3. The van der Waals surface area contributed by atoms with Crippen LogP contribution in [0.5, 0.6) is 0 Å². The average Bonchev–Trinajstić information content (AvgIpc) is 2.34. The van der Waals surface area contributed by atoms with Crippen LogP contribution in [0.25, 0.3) is 0 Å². The van der Waals surface area contributed by atoms with Gasteiger partial charge in [0.25, 0.3) is 0 Å². The van der Waals surface area contributed by atoms with Crippen LogP contribution in [-0.2, 0) is 4.79 Å². The molecular formula is C14H30N2O2. The lowest BCUT2D eigenvalue weighted by Crippen LogP contribution is -2.41. The number of amides is 1. The third-order valence-corrected chi connectivity index (χ3v) is 3.49. The fraction of sp³-hybridized carbons (Fsp3) is 0.929. The SMILES string of the molecule is CCC(CC)C(O)CNC(=O)C(CN)CC(C)C. The summed E-state index contributed by atoms with van der Waals surface area (Å²) in [6.07, 6.45) is 2.20. The Labute approximate surface area is 111 Å². The van der Waals surface area contributed by atoms with Gasteiger partial charge in [-0.15, -0.1) is 0 Å². The van der Waals surface area contributed by atoms with E-state index < -0.39 is 6.10 Å². The first-order valence-electron chi connectivity index (χ1n) is 7.11. The summed E-state index contributed by atoms with van der Waals surface area (Å²) >= 11 is 0. The van der Waals surface area contributed by atoms with Crippen molar-refractivity contribution in [1.82, 2.24) is 5.32 Å². The standard InChI is InChI=1S/C14H30N2O2/c1-5-11(6-2)13(17)9-16-14(18)12(8-15)7-10(3)4/h10-13,17H,5-9,15H2,1-4H3,(H,16,18). The normalized spacial score (nSPS) is 14.9. The van der Waals surface area contributed by atoms with Crippen LogP contribution in [0.2, 0.25) is 0 Å². The van der Waals surface area contributed by atoms with E-state index in [-0.39, 0.29) is 17.7 Å². The van der Waals surface area contributed by atoms with Gasteiger partial charge >= 0.3 is 0 Å². The Morgan fingerprint density at radius 1 is 1.28 bits per heavy atom. The molecule has 0 heterocycles. The summed E-state index contributed by atoms with van der Waals surface area (Å²) in [5.41, 5.74) is 5.62. The predicted octanol–water partition coefficient (Wildman–Crippen LogP) is 1.52. The van der Waals surface area contributed by atoms with Gasteiger partial charge < -0.3 is 16.2 Å². The molecule has 18 heavy (non-hydrogen) atoms. The highest BCUT2D eigenvalue weighted by Gasteiger charge is 2.21. The second kappa shape index (κ2) is 9.34. The molecule has 0 bridgehead atoms. The molecule has 0 aromatic carbocycles. The van der Waals surface area contributed by atoms with Gasteiger partial charge in [-0.1, -0.05) is 40.5 Å². The molecule has 0 saturated heterocycles. The van der Waals surface area contributed by atoms with E-state index in [0.717, 1.165) is 19.3 Å². The third-order valence-electron chi connectivity index (χ3n) is 3.49. The van der Waals surface area contributed by atoms with Crippen molar-refractivity contribution >= 4 is 5.91 Å². The Hall–Kier alpha value is -0.610. The fourth-order valence-corrected chi connectivity index (χ4v) is 2.23. The minimum Gasteiger partial charge on any atom is -0.391 e. The number of aliphatic hydroxyl groups is 1. The molecule has 4 nitrogen and oxygen atoms in total. The minimum absolute atomic E-state index is 0.0313. The van der Waals surface area contributed by atoms with Crippen LogP contribution in [0.15, 0.2) is 0 Å². The fourth-order valence-electron chi connectivity index (χ4n) is 2.23. The molecule has 0 fully saturated rings. The first kappa shape index (κ1) is 17.4. The molecular weight excluding hydrogens is 228 g/mol. The molecule has 2 unspecified atom stereocenters. The molecule has 108 valence electrons. The van der Waals surface area contributed by atoms with Crippen molar-refractivity contribution in [2.45, 2.75) is 53.1 Å². The van der Waals surface area contributed by atoms with E-state index in [9.17, 15) is 9.90 Å². The highest BCUT2D eigenvalue weighted by Crippen LogP contribution is 2.13. The molecule has 4 heteroatoms. The van der Waals surface area contributed by atoms with Gasteiger partial charge in [0.15, 0.2) is 0 Å². The number of carbonyl (C=O) groups excluding carboxylic acids is 1. The second-order valence-electron chi connectivity index (χ2n) is 5.45. The van der Waals surface area contributed by atoms with E-state index in [1.165, 1.54) is 0 Å². The van der Waals surface area contributed by atoms with Gasteiger partial charge in [0.2, 0.25) is 5.91 Å². The van der Waals surface area contributed by atoms with Crippen molar-refractivity contribution in [3.63, 3.8) is 0 Å². The lowest BCUT2D eigenvalue weighted by Gasteiger charge is -2.22. The molecule has 0 radical (unpaired) electrons. The maximum Gasteiger partial charge on any atom is 0.224 e. The van der Waals surface area contributed by atoms with Crippen LogP contribution in [0.1, 0.15) is 47.0 Å². The zero-order valence-corrected chi connectivity index (χ0v) is 12.3. The largest absolute Gasteiger partial charge is 0.391 e.